The van der Waals surface area contributed by atoms with Crippen LogP contribution in [0.25, 0.3) is 0 Å². The van der Waals surface area contributed by atoms with Gasteiger partial charge in [-0.2, -0.15) is 4.99 Å². The Hall–Kier alpha value is -2.24. The van der Waals surface area contributed by atoms with Crippen LogP contribution in [0.5, 0.6) is 11.5 Å². The molecule has 0 bridgehead atoms. The Balaban J connectivity index is 2.54. The second kappa shape index (κ2) is 5.59. The van der Waals surface area contributed by atoms with Gasteiger partial charge in [-0.15, -0.1) is 0 Å². The van der Waals surface area contributed by atoms with Gasteiger partial charge in [0, 0.05) is 6.07 Å². The number of nitrogens with zero attached hydrogens (tertiary/aromatic N) is 1. The van der Waals surface area contributed by atoms with E-state index in [1.807, 2.05) is 0 Å². The van der Waals surface area contributed by atoms with Crippen molar-refractivity contribution in [2.75, 3.05) is 13.7 Å². The average molecular weight is 223 g/mol. The molecule has 1 amide bonds. The van der Waals surface area contributed by atoms with Crippen molar-refractivity contribution in [3.63, 3.8) is 0 Å². The highest BCUT2D eigenvalue weighted by atomic mass is 16.5. The maximum absolute atomic E-state index is 11.1. The molecule has 1 aromatic rings. The molecule has 0 saturated carbocycles. The van der Waals surface area contributed by atoms with Gasteiger partial charge in [-0.3, -0.25) is 4.79 Å². The Kier molecular flexibility index (Phi) is 4.14. The summed E-state index contributed by atoms with van der Waals surface area (Å²) < 4.78 is 10.2. The number of rotatable bonds is 4. The number of guanidine groups is 1. The molecule has 1 rings (SSSR count). The van der Waals surface area contributed by atoms with Crippen LogP contribution in [0.1, 0.15) is 0 Å². The molecule has 16 heavy (non-hydrogen) atoms. The van der Waals surface area contributed by atoms with Crippen LogP contribution in [0.3, 0.4) is 0 Å². The van der Waals surface area contributed by atoms with Crippen molar-refractivity contribution in [2.24, 2.45) is 16.5 Å². The van der Waals surface area contributed by atoms with Gasteiger partial charge in [0.15, 0.2) is 12.6 Å². The number of ether oxygens (including phenoxy) is 2. The molecule has 0 unspecified atom stereocenters. The van der Waals surface area contributed by atoms with Gasteiger partial charge in [-0.25, -0.2) is 0 Å². The minimum Gasteiger partial charge on any atom is -0.497 e. The zero-order chi connectivity index (χ0) is 12.0. The molecule has 1 aromatic carbocycles. The number of hydrogen-bond acceptors (Lipinski definition) is 3. The van der Waals surface area contributed by atoms with Crippen molar-refractivity contribution in [1.29, 1.82) is 0 Å². The summed E-state index contributed by atoms with van der Waals surface area (Å²) >= 11 is 0. The second-order valence-corrected chi connectivity index (χ2v) is 2.90. The highest BCUT2D eigenvalue weighted by Gasteiger charge is 2.02. The van der Waals surface area contributed by atoms with Crippen molar-refractivity contribution < 1.29 is 14.3 Å². The van der Waals surface area contributed by atoms with E-state index < -0.39 is 5.91 Å². The average Bonchev–Trinajstić information content (AvgIpc) is 2.26. The number of methoxy groups -OCH3 is 1. The van der Waals surface area contributed by atoms with Gasteiger partial charge in [0.2, 0.25) is 0 Å². The van der Waals surface area contributed by atoms with Crippen molar-refractivity contribution in [2.45, 2.75) is 0 Å². The first-order valence-electron chi connectivity index (χ1n) is 4.51. The number of aliphatic imine (C=N–C) groups is 1. The number of benzene rings is 1. The monoisotopic (exact) mass is 223 g/mol. The molecule has 6 heteroatoms. The molecule has 86 valence electrons. The summed E-state index contributed by atoms with van der Waals surface area (Å²) in [6, 6.07) is 6.87. The normalized spacial score (nSPS) is 9.31. The van der Waals surface area contributed by atoms with E-state index in [4.69, 9.17) is 20.9 Å². The minimum absolute atomic E-state index is 0.217. The fraction of sp³-hybridized carbons (Fsp3) is 0.200. The van der Waals surface area contributed by atoms with E-state index in [1.54, 1.807) is 31.4 Å². The zero-order valence-electron chi connectivity index (χ0n) is 8.84. The molecule has 0 aromatic heterocycles. The zero-order valence-corrected chi connectivity index (χ0v) is 8.84. The van der Waals surface area contributed by atoms with E-state index in [-0.39, 0.29) is 12.6 Å². The Morgan fingerprint density at radius 3 is 2.69 bits per heavy atom. The third kappa shape index (κ3) is 3.87. The van der Waals surface area contributed by atoms with Gasteiger partial charge in [0.1, 0.15) is 11.5 Å². The summed E-state index contributed by atoms with van der Waals surface area (Å²) in [6.45, 7) is -0.217. The Labute approximate surface area is 92.9 Å². The third-order valence-corrected chi connectivity index (χ3v) is 1.66. The lowest BCUT2D eigenvalue weighted by Crippen LogP contribution is -2.25. The van der Waals surface area contributed by atoms with Crippen molar-refractivity contribution in [3.8, 4) is 11.5 Å². The molecule has 0 radical (unpaired) electrons. The first-order valence-corrected chi connectivity index (χ1v) is 4.51. The molecule has 0 saturated heterocycles. The maximum atomic E-state index is 11.1. The van der Waals surface area contributed by atoms with E-state index in [2.05, 4.69) is 4.99 Å². The lowest BCUT2D eigenvalue weighted by atomic mass is 10.3. The molecular weight excluding hydrogens is 210 g/mol. The summed E-state index contributed by atoms with van der Waals surface area (Å²) in [5, 5.41) is 0. The van der Waals surface area contributed by atoms with Gasteiger partial charge >= 0.3 is 0 Å². The maximum Gasteiger partial charge on any atom is 0.286 e. The van der Waals surface area contributed by atoms with Gasteiger partial charge in [0.25, 0.3) is 5.91 Å². The third-order valence-electron chi connectivity index (χ3n) is 1.66. The fourth-order valence-electron chi connectivity index (χ4n) is 1.01. The fourth-order valence-corrected chi connectivity index (χ4v) is 1.01. The van der Waals surface area contributed by atoms with Gasteiger partial charge in [-0.05, 0) is 12.1 Å². The summed E-state index contributed by atoms with van der Waals surface area (Å²) in [5.74, 6) is 0.340. The van der Waals surface area contributed by atoms with E-state index in [1.165, 1.54) is 0 Å². The smallest absolute Gasteiger partial charge is 0.286 e. The van der Waals surface area contributed by atoms with Gasteiger partial charge in [0.05, 0.1) is 7.11 Å². The second-order valence-electron chi connectivity index (χ2n) is 2.90. The van der Waals surface area contributed by atoms with E-state index in [0.29, 0.717) is 11.5 Å². The predicted octanol–water partition coefficient (Wildman–Crippen LogP) is -0.126. The lowest BCUT2D eigenvalue weighted by molar-refractivity contribution is -0.119. The summed E-state index contributed by atoms with van der Waals surface area (Å²) in [7, 11) is 1.55. The first-order chi connectivity index (χ1) is 7.61. The van der Waals surface area contributed by atoms with Gasteiger partial charge in [-0.1, -0.05) is 6.07 Å². The lowest BCUT2D eigenvalue weighted by Gasteiger charge is -2.05. The van der Waals surface area contributed by atoms with Crippen molar-refractivity contribution in [1.82, 2.24) is 0 Å². The largest absolute Gasteiger partial charge is 0.497 e. The Morgan fingerprint density at radius 2 is 2.06 bits per heavy atom. The Bertz CT molecular complexity index is 400. The van der Waals surface area contributed by atoms with Crippen LogP contribution in [0.2, 0.25) is 0 Å². The summed E-state index contributed by atoms with van der Waals surface area (Å²) in [6.07, 6.45) is 0. The van der Waals surface area contributed by atoms with Crippen LogP contribution in [0, 0.1) is 0 Å². The van der Waals surface area contributed by atoms with Crippen LogP contribution in [-0.2, 0) is 4.79 Å². The molecular formula is C10H13N3O3. The SMILES string of the molecule is COc1cccc(OCC(=O)N=C(N)N)c1. The number of hydrogen-bond donors (Lipinski definition) is 2. The van der Waals surface area contributed by atoms with Crippen molar-refractivity contribution in [3.05, 3.63) is 24.3 Å². The highest BCUT2D eigenvalue weighted by Crippen LogP contribution is 2.18. The molecule has 6 nitrogen and oxygen atoms in total. The molecule has 0 heterocycles. The topological polar surface area (TPSA) is 99.9 Å². The molecule has 0 fully saturated rings. The number of amides is 1. The Morgan fingerprint density at radius 1 is 1.38 bits per heavy atom. The number of carbonyl (C=O) groups excluding carboxylic acids is 1. The van der Waals surface area contributed by atoms with Crippen LogP contribution >= 0.6 is 0 Å². The van der Waals surface area contributed by atoms with Crippen LogP contribution < -0.4 is 20.9 Å². The van der Waals surface area contributed by atoms with Gasteiger partial charge < -0.3 is 20.9 Å². The molecule has 0 aliphatic carbocycles. The summed E-state index contributed by atoms with van der Waals surface area (Å²) in [4.78, 5) is 14.4. The minimum atomic E-state index is -0.539. The number of carbonyl (C=O) groups is 1. The van der Waals surface area contributed by atoms with Crippen LogP contribution in [-0.4, -0.2) is 25.6 Å². The molecule has 0 atom stereocenters. The van der Waals surface area contributed by atoms with E-state index >= 15 is 0 Å². The highest BCUT2D eigenvalue weighted by molar-refractivity contribution is 5.92. The molecule has 0 spiro atoms. The first kappa shape index (κ1) is 11.8. The van der Waals surface area contributed by atoms with Crippen LogP contribution in [0.4, 0.5) is 0 Å². The van der Waals surface area contributed by atoms with Crippen molar-refractivity contribution >= 4 is 11.9 Å². The summed E-state index contributed by atoms with van der Waals surface area (Å²) in [5.41, 5.74) is 10.1. The molecule has 4 N–H and O–H groups in total. The quantitative estimate of drug-likeness (QED) is 0.547. The van der Waals surface area contributed by atoms with Crippen LogP contribution in [0.15, 0.2) is 29.3 Å². The van der Waals surface area contributed by atoms with E-state index in [9.17, 15) is 4.79 Å². The molecule has 0 aliphatic heterocycles. The predicted molar refractivity (Wildman–Crippen MR) is 59.3 cm³/mol. The van der Waals surface area contributed by atoms with E-state index in [0.717, 1.165) is 0 Å². The number of nitrogens with two attached hydrogens (primary N) is 2. The molecule has 0 aliphatic rings. The standard InChI is InChI=1S/C10H13N3O3/c1-15-7-3-2-4-8(5-7)16-6-9(14)13-10(11)12/h2-5H,6H2,1H3,(H4,11,12,13,14).